The van der Waals surface area contributed by atoms with Crippen LogP contribution in [0.15, 0.2) is 30.6 Å². The van der Waals surface area contributed by atoms with Crippen molar-refractivity contribution < 1.29 is 27.4 Å². The van der Waals surface area contributed by atoms with Crippen LogP contribution >= 0.6 is 0 Å². The molecule has 6 nitrogen and oxygen atoms in total. The molecule has 0 fully saturated rings. The van der Waals surface area contributed by atoms with Gasteiger partial charge in [0.15, 0.2) is 0 Å². The number of aromatic nitrogens is 2. The third-order valence-electron chi connectivity index (χ3n) is 4.10. The Morgan fingerprint density at radius 1 is 1.24 bits per heavy atom. The van der Waals surface area contributed by atoms with E-state index in [1.165, 1.54) is 31.6 Å². The summed E-state index contributed by atoms with van der Waals surface area (Å²) in [4.78, 5) is 19.4. The molecule has 0 aromatic carbocycles. The summed E-state index contributed by atoms with van der Waals surface area (Å²) in [6, 6.07) is 4.27. The number of methoxy groups -OCH3 is 1. The number of carbonyl (C=O) groups excluding carboxylic acids is 1. The van der Waals surface area contributed by atoms with Gasteiger partial charge in [-0.1, -0.05) is 13.8 Å². The normalized spacial score (nSPS) is 12.1. The average molecular weight is 411 g/mol. The molecule has 1 amide bonds. The van der Waals surface area contributed by atoms with Crippen molar-refractivity contribution in [3.8, 4) is 17.0 Å². The number of rotatable bonds is 9. The molecule has 2 aromatic rings. The summed E-state index contributed by atoms with van der Waals surface area (Å²) in [6.45, 7) is 3.34. The SMILES string of the molecule is COC(=O)Nc1cc(-c2cc(C(F)F)c(OCC(CF)CC(C)C)cn2)ccn1. The molecule has 0 aliphatic rings. The maximum Gasteiger partial charge on any atom is 0.412 e. The first kappa shape index (κ1) is 22.4. The Balaban J connectivity index is 2.23. The molecular weight excluding hydrogens is 387 g/mol. The fourth-order valence-corrected chi connectivity index (χ4v) is 2.77. The Kier molecular flexibility index (Phi) is 8.23. The molecule has 158 valence electrons. The van der Waals surface area contributed by atoms with Gasteiger partial charge >= 0.3 is 6.09 Å². The third kappa shape index (κ3) is 6.62. The smallest absolute Gasteiger partial charge is 0.412 e. The minimum atomic E-state index is -2.80. The summed E-state index contributed by atoms with van der Waals surface area (Å²) in [7, 11) is 1.21. The molecule has 0 saturated carbocycles. The van der Waals surface area contributed by atoms with E-state index in [9.17, 15) is 18.0 Å². The average Bonchev–Trinajstić information content (AvgIpc) is 2.70. The van der Waals surface area contributed by atoms with Gasteiger partial charge in [-0.2, -0.15) is 0 Å². The Bertz CT molecular complexity index is 819. The highest BCUT2D eigenvalue weighted by molar-refractivity contribution is 5.84. The summed E-state index contributed by atoms with van der Waals surface area (Å²) in [5.74, 6) is 0.0173. The first-order valence-corrected chi connectivity index (χ1v) is 9.12. The topological polar surface area (TPSA) is 73.3 Å². The van der Waals surface area contributed by atoms with Crippen LogP contribution in [0.5, 0.6) is 5.75 Å². The minimum absolute atomic E-state index is 0.00210. The predicted molar refractivity (Wildman–Crippen MR) is 103 cm³/mol. The number of pyridine rings is 2. The maximum atomic E-state index is 13.6. The molecule has 29 heavy (non-hydrogen) atoms. The first-order valence-electron chi connectivity index (χ1n) is 9.12. The molecule has 2 heterocycles. The molecule has 1 atom stereocenters. The second-order valence-electron chi connectivity index (χ2n) is 6.92. The van der Waals surface area contributed by atoms with Gasteiger partial charge in [0, 0.05) is 17.7 Å². The second kappa shape index (κ2) is 10.6. The summed E-state index contributed by atoms with van der Waals surface area (Å²) in [5, 5.41) is 2.40. The fraction of sp³-hybridized carbons (Fsp3) is 0.450. The molecule has 0 radical (unpaired) electrons. The first-order chi connectivity index (χ1) is 13.8. The number of ether oxygens (including phenoxy) is 2. The number of hydrogen-bond acceptors (Lipinski definition) is 5. The summed E-state index contributed by atoms with van der Waals surface area (Å²) >= 11 is 0. The van der Waals surface area contributed by atoms with E-state index < -0.39 is 19.2 Å². The van der Waals surface area contributed by atoms with Crippen LogP contribution in [0, 0.1) is 11.8 Å². The van der Waals surface area contributed by atoms with Crippen molar-refractivity contribution in [2.45, 2.75) is 26.7 Å². The number of hydrogen-bond donors (Lipinski definition) is 1. The summed E-state index contributed by atoms with van der Waals surface area (Å²) in [5.41, 5.74) is 0.393. The van der Waals surface area contributed by atoms with Crippen LogP contribution in [0.25, 0.3) is 11.3 Å². The van der Waals surface area contributed by atoms with E-state index in [-0.39, 0.29) is 41.3 Å². The van der Waals surface area contributed by atoms with Gasteiger partial charge < -0.3 is 9.47 Å². The van der Waals surface area contributed by atoms with Gasteiger partial charge in [0.1, 0.15) is 11.6 Å². The number of alkyl halides is 3. The molecule has 1 N–H and O–H groups in total. The van der Waals surface area contributed by atoms with Gasteiger partial charge in [0.05, 0.1) is 37.8 Å². The van der Waals surface area contributed by atoms with E-state index in [4.69, 9.17) is 4.74 Å². The third-order valence-corrected chi connectivity index (χ3v) is 4.10. The van der Waals surface area contributed by atoms with Crippen molar-refractivity contribution in [3.63, 3.8) is 0 Å². The van der Waals surface area contributed by atoms with Crippen LogP contribution in [0.1, 0.15) is 32.3 Å². The molecular formula is C20H24F3N3O3. The minimum Gasteiger partial charge on any atom is -0.491 e. The Morgan fingerprint density at radius 2 is 2.00 bits per heavy atom. The van der Waals surface area contributed by atoms with E-state index in [1.54, 1.807) is 6.07 Å². The zero-order valence-electron chi connectivity index (χ0n) is 16.5. The lowest BCUT2D eigenvalue weighted by molar-refractivity contribution is 0.139. The standard InChI is InChI=1S/C20H24F3N3O3/c1-12(2)6-13(9-21)11-29-17-10-25-16(8-15(17)19(22)23)14-4-5-24-18(7-14)26-20(27)28-3/h4-5,7-8,10,12-13,19H,6,9,11H2,1-3H3,(H,24,26,27). The van der Waals surface area contributed by atoms with E-state index in [0.29, 0.717) is 12.0 Å². The Hall–Kier alpha value is -2.84. The van der Waals surface area contributed by atoms with Crippen molar-refractivity contribution in [2.24, 2.45) is 11.8 Å². The molecule has 1 unspecified atom stereocenters. The van der Waals surface area contributed by atoms with Gasteiger partial charge in [-0.15, -0.1) is 0 Å². The van der Waals surface area contributed by atoms with Gasteiger partial charge in [-0.05, 0) is 30.5 Å². The number of nitrogens with zero attached hydrogens (tertiary/aromatic N) is 2. The number of amides is 1. The zero-order valence-corrected chi connectivity index (χ0v) is 16.5. The fourth-order valence-electron chi connectivity index (χ4n) is 2.77. The lowest BCUT2D eigenvalue weighted by atomic mass is 9.99. The van der Waals surface area contributed by atoms with Crippen LogP contribution in [0.4, 0.5) is 23.8 Å². The Morgan fingerprint density at radius 3 is 2.62 bits per heavy atom. The Labute approximate surface area is 167 Å². The largest absolute Gasteiger partial charge is 0.491 e. The van der Waals surface area contributed by atoms with Crippen molar-refractivity contribution in [1.82, 2.24) is 9.97 Å². The van der Waals surface area contributed by atoms with Crippen LogP contribution in [0.3, 0.4) is 0 Å². The van der Waals surface area contributed by atoms with Crippen molar-refractivity contribution in [2.75, 3.05) is 25.7 Å². The van der Waals surface area contributed by atoms with Crippen LogP contribution in [-0.4, -0.2) is 36.5 Å². The van der Waals surface area contributed by atoms with E-state index in [0.717, 1.165) is 0 Å². The summed E-state index contributed by atoms with van der Waals surface area (Å²) < 4.78 is 50.2. The van der Waals surface area contributed by atoms with Crippen molar-refractivity contribution in [3.05, 3.63) is 36.2 Å². The number of halogens is 3. The molecule has 0 aliphatic carbocycles. The molecule has 9 heteroatoms. The molecule has 0 saturated heterocycles. The molecule has 0 spiro atoms. The van der Waals surface area contributed by atoms with Gasteiger partial charge in [0.25, 0.3) is 6.43 Å². The van der Waals surface area contributed by atoms with Gasteiger partial charge in [0.2, 0.25) is 0 Å². The molecule has 2 aromatic heterocycles. The monoisotopic (exact) mass is 411 g/mol. The highest BCUT2D eigenvalue weighted by atomic mass is 19.3. The number of nitrogens with one attached hydrogen (secondary N) is 1. The van der Waals surface area contributed by atoms with E-state index in [2.05, 4.69) is 20.0 Å². The highest BCUT2D eigenvalue weighted by Crippen LogP contribution is 2.32. The quantitative estimate of drug-likeness (QED) is 0.609. The predicted octanol–water partition coefficient (Wildman–Crippen LogP) is 5.27. The summed E-state index contributed by atoms with van der Waals surface area (Å²) in [6.07, 6.45) is -0.292. The number of carbonyl (C=O) groups is 1. The highest BCUT2D eigenvalue weighted by Gasteiger charge is 2.19. The lowest BCUT2D eigenvalue weighted by Crippen LogP contribution is -2.17. The molecule has 0 bridgehead atoms. The van der Waals surface area contributed by atoms with E-state index >= 15 is 0 Å². The second-order valence-corrected chi connectivity index (χ2v) is 6.92. The number of anilines is 1. The zero-order chi connectivity index (χ0) is 21.4. The van der Waals surface area contributed by atoms with Crippen molar-refractivity contribution in [1.29, 1.82) is 0 Å². The van der Waals surface area contributed by atoms with Gasteiger partial charge in [-0.3, -0.25) is 14.7 Å². The van der Waals surface area contributed by atoms with E-state index in [1.807, 2.05) is 13.8 Å². The maximum absolute atomic E-state index is 13.6. The van der Waals surface area contributed by atoms with Crippen LogP contribution < -0.4 is 10.1 Å². The molecule has 2 rings (SSSR count). The van der Waals surface area contributed by atoms with Crippen LogP contribution in [-0.2, 0) is 4.74 Å². The lowest BCUT2D eigenvalue weighted by Gasteiger charge is -2.18. The molecule has 0 aliphatic heterocycles. The van der Waals surface area contributed by atoms with Crippen molar-refractivity contribution >= 4 is 11.9 Å². The van der Waals surface area contributed by atoms with Gasteiger partial charge in [-0.25, -0.2) is 18.6 Å². The van der Waals surface area contributed by atoms with Crippen LogP contribution in [0.2, 0.25) is 0 Å².